The van der Waals surface area contributed by atoms with Crippen molar-refractivity contribution in [2.45, 2.75) is 37.9 Å². The Kier molecular flexibility index (Phi) is 6.85. The van der Waals surface area contributed by atoms with Gasteiger partial charge in [-0.15, -0.1) is 0 Å². The SMILES string of the molecule is COC(=O)C1CCN(C(=O)CN2CCCC2C(=O)NCC(F)(F)F)CC1. The number of amides is 2. The second-order valence-electron chi connectivity index (χ2n) is 6.64. The van der Waals surface area contributed by atoms with Gasteiger partial charge in [-0.05, 0) is 32.2 Å². The number of carbonyl (C=O) groups excluding carboxylic acids is 3. The van der Waals surface area contributed by atoms with E-state index < -0.39 is 24.7 Å². The van der Waals surface area contributed by atoms with Crippen molar-refractivity contribution in [1.29, 1.82) is 0 Å². The largest absolute Gasteiger partial charge is 0.469 e. The zero-order valence-electron chi connectivity index (χ0n) is 14.7. The molecule has 148 valence electrons. The summed E-state index contributed by atoms with van der Waals surface area (Å²) < 4.78 is 41.4. The molecule has 0 saturated carbocycles. The molecule has 2 heterocycles. The van der Waals surface area contributed by atoms with Crippen molar-refractivity contribution in [3.05, 3.63) is 0 Å². The van der Waals surface area contributed by atoms with Gasteiger partial charge in [0, 0.05) is 13.1 Å². The molecule has 0 aromatic heterocycles. The van der Waals surface area contributed by atoms with Crippen LogP contribution in [0.4, 0.5) is 13.2 Å². The van der Waals surface area contributed by atoms with Crippen molar-refractivity contribution in [3.8, 4) is 0 Å². The predicted molar refractivity (Wildman–Crippen MR) is 85.0 cm³/mol. The summed E-state index contributed by atoms with van der Waals surface area (Å²) >= 11 is 0. The highest BCUT2D eigenvalue weighted by atomic mass is 19.4. The zero-order chi connectivity index (χ0) is 19.3. The first-order valence-corrected chi connectivity index (χ1v) is 8.65. The molecule has 2 aliphatic rings. The Morgan fingerprint density at radius 1 is 1.12 bits per heavy atom. The second kappa shape index (κ2) is 8.70. The maximum absolute atomic E-state index is 12.4. The van der Waals surface area contributed by atoms with Crippen LogP contribution in [0.5, 0.6) is 0 Å². The maximum atomic E-state index is 12.4. The van der Waals surface area contributed by atoms with Gasteiger partial charge in [0.05, 0.1) is 25.6 Å². The van der Waals surface area contributed by atoms with Gasteiger partial charge >= 0.3 is 12.1 Å². The lowest BCUT2D eigenvalue weighted by molar-refractivity contribution is -0.149. The van der Waals surface area contributed by atoms with Crippen LogP contribution in [0.1, 0.15) is 25.7 Å². The Labute approximate surface area is 149 Å². The van der Waals surface area contributed by atoms with Crippen molar-refractivity contribution in [3.63, 3.8) is 0 Å². The second-order valence-corrected chi connectivity index (χ2v) is 6.64. The molecule has 1 unspecified atom stereocenters. The van der Waals surface area contributed by atoms with Crippen LogP contribution in [-0.4, -0.2) is 79.6 Å². The lowest BCUT2D eigenvalue weighted by atomic mass is 9.97. The van der Waals surface area contributed by atoms with Gasteiger partial charge in [0.15, 0.2) is 0 Å². The first-order chi connectivity index (χ1) is 12.2. The van der Waals surface area contributed by atoms with E-state index in [2.05, 4.69) is 0 Å². The van der Waals surface area contributed by atoms with Gasteiger partial charge in [0.1, 0.15) is 6.54 Å². The molecular formula is C16H24F3N3O4. The van der Waals surface area contributed by atoms with Crippen molar-refractivity contribution in [2.75, 3.05) is 39.8 Å². The molecule has 1 N–H and O–H groups in total. The number of alkyl halides is 3. The van der Waals surface area contributed by atoms with Crippen LogP contribution in [0.15, 0.2) is 0 Å². The van der Waals surface area contributed by atoms with Gasteiger partial charge in [0.2, 0.25) is 11.8 Å². The number of ether oxygens (including phenoxy) is 1. The molecule has 1 atom stereocenters. The van der Waals surface area contributed by atoms with Crippen LogP contribution in [0, 0.1) is 5.92 Å². The fourth-order valence-corrected chi connectivity index (χ4v) is 3.42. The first kappa shape index (κ1) is 20.5. The quantitative estimate of drug-likeness (QED) is 0.706. The maximum Gasteiger partial charge on any atom is 0.405 e. The Morgan fingerprint density at radius 3 is 2.35 bits per heavy atom. The van der Waals surface area contributed by atoms with Gasteiger partial charge in [-0.3, -0.25) is 19.3 Å². The average molecular weight is 379 g/mol. The molecule has 0 spiro atoms. The molecule has 2 amide bonds. The molecule has 7 nitrogen and oxygen atoms in total. The van der Waals surface area contributed by atoms with Gasteiger partial charge in [0.25, 0.3) is 0 Å². The highest BCUT2D eigenvalue weighted by Crippen LogP contribution is 2.21. The van der Waals surface area contributed by atoms with Gasteiger partial charge < -0.3 is 15.0 Å². The molecule has 2 rings (SSSR count). The van der Waals surface area contributed by atoms with Crippen molar-refractivity contribution in [1.82, 2.24) is 15.1 Å². The highest BCUT2D eigenvalue weighted by molar-refractivity contribution is 5.84. The molecule has 0 aromatic carbocycles. The van der Waals surface area contributed by atoms with Crippen LogP contribution >= 0.6 is 0 Å². The Bertz CT molecular complexity index is 533. The van der Waals surface area contributed by atoms with Crippen molar-refractivity contribution < 1.29 is 32.3 Å². The van der Waals surface area contributed by atoms with E-state index in [1.54, 1.807) is 9.80 Å². The van der Waals surface area contributed by atoms with Crippen LogP contribution in [-0.2, 0) is 19.1 Å². The normalized spacial score (nSPS) is 22.3. The minimum atomic E-state index is -4.46. The van der Waals surface area contributed by atoms with E-state index in [1.807, 2.05) is 5.32 Å². The van der Waals surface area contributed by atoms with Crippen molar-refractivity contribution in [2.24, 2.45) is 5.92 Å². The number of carbonyl (C=O) groups is 3. The summed E-state index contributed by atoms with van der Waals surface area (Å²) in [6.45, 7) is -0.0264. The Hall–Kier alpha value is -1.84. The fourth-order valence-electron chi connectivity index (χ4n) is 3.42. The average Bonchev–Trinajstić information content (AvgIpc) is 3.06. The number of piperidine rings is 1. The summed E-state index contributed by atoms with van der Waals surface area (Å²) in [5, 5.41) is 1.89. The van der Waals surface area contributed by atoms with Gasteiger partial charge in [-0.25, -0.2) is 0 Å². The molecule has 0 aliphatic carbocycles. The lowest BCUT2D eigenvalue weighted by Crippen LogP contribution is -2.50. The van der Waals surface area contributed by atoms with Crippen molar-refractivity contribution >= 4 is 17.8 Å². The van der Waals surface area contributed by atoms with E-state index in [4.69, 9.17) is 4.74 Å². The summed E-state index contributed by atoms with van der Waals surface area (Å²) in [5.74, 6) is -1.37. The zero-order valence-corrected chi connectivity index (χ0v) is 14.7. The molecule has 2 aliphatic heterocycles. The van der Waals surface area contributed by atoms with E-state index in [-0.39, 0.29) is 24.3 Å². The number of hydrogen-bond donors (Lipinski definition) is 1. The highest BCUT2D eigenvalue weighted by Gasteiger charge is 2.36. The third kappa shape index (κ3) is 5.58. The minimum Gasteiger partial charge on any atom is -0.469 e. The van der Waals surface area contributed by atoms with E-state index in [1.165, 1.54) is 7.11 Å². The number of nitrogens with zero attached hydrogens (tertiary/aromatic N) is 2. The lowest BCUT2D eigenvalue weighted by Gasteiger charge is -2.32. The topological polar surface area (TPSA) is 79.0 Å². The van der Waals surface area contributed by atoms with E-state index in [0.717, 1.165) is 0 Å². The van der Waals surface area contributed by atoms with Crippen LogP contribution in [0.2, 0.25) is 0 Å². The summed E-state index contributed by atoms with van der Waals surface area (Å²) in [4.78, 5) is 39.2. The number of nitrogens with one attached hydrogen (secondary N) is 1. The molecule has 2 fully saturated rings. The van der Waals surface area contributed by atoms with Crippen LogP contribution in [0.25, 0.3) is 0 Å². The van der Waals surface area contributed by atoms with E-state index in [0.29, 0.717) is 45.3 Å². The summed E-state index contributed by atoms with van der Waals surface area (Å²) in [7, 11) is 1.33. The van der Waals surface area contributed by atoms with Gasteiger partial charge in [-0.2, -0.15) is 13.2 Å². The minimum absolute atomic E-state index is 0.00695. The molecule has 0 aromatic rings. The third-order valence-electron chi connectivity index (χ3n) is 4.85. The number of esters is 1. The van der Waals surface area contributed by atoms with Crippen LogP contribution in [0.3, 0.4) is 0 Å². The molecular weight excluding hydrogens is 355 g/mol. The third-order valence-corrected chi connectivity index (χ3v) is 4.85. The number of halogens is 3. The summed E-state index contributed by atoms with van der Waals surface area (Å²) in [5.41, 5.74) is 0. The van der Waals surface area contributed by atoms with E-state index in [9.17, 15) is 27.6 Å². The number of rotatable bonds is 5. The summed E-state index contributed by atoms with van der Waals surface area (Å²) in [6, 6.07) is -0.714. The Balaban J connectivity index is 1.82. The predicted octanol–water partition coefficient (Wildman–Crippen LogP) is 0.541. The number of likely N-dealkylation sites (tertiary alicyclic amines) is 2. The number of hydrogen-bond acceptors (Lipinski definition) is 5. The molecule has 0 radical (unpaired) electrons. The molecule has 0 bridgehead atoms. The molecule has 10 heteroatoms. The van der Waals surface area contributed by atoms with Crippen LogP contribution < -0.4 is 5.32 Å². The number of methoxy groups -OCH3 is 1. The molecule has 2 saturated heterocycles. The fraction of sp³-hybridized carbons (Fsp3) is 0.812. The summed E-state index contributed by atoms with van der Waals surface area (Å²) in [6.07, 6.45) is -2.33. The monoisotopic (exact) mass is 379 g/mol. The molecule has 26 heavy (non-hydrogen) atoms. The Morgan fingerprint density at radius 2 is 1.77 bits per heavy atom. The van der Waals surface area contributed by atoms with Gasteiger partial charge in [-0.1, -0.05) is 0 Å². The van der Waals surface area contributed by atoms with E-state index >= 15 is 0 Å². The standard InChI is InChI=1S/C16H24F3N3O4/c1-26-15(25)11-4-7-21(8-5-11)13(23)9-22-6-2-3-12(22)14(24)20-10-16(17,18)19/h11-12H,2-10H2,1H3,(H,20,24). The smallest absolute Gasteiger partial charge is 0.405 e. The first-order valence-electron chi connectivity index (χ1n) is 8.65.